The molecular weight excluding hydrogens is 418 g/mol. The van der Waals surface area contributed by atoms with E-state index in [1.165, 1.54) is 10.5 Å². The fraction of sp³-hybridized carbons (Fsp3) is 0.0833. The Bertz CT molecular complexity index is 1590. The minimum Gasteiger partial charge on any atom is -0.348 e. The molecule has 0 unspecified atom stereocenters. The quantitative estimate of drug-likeness (QED) is 0.407. The third-order valence-electron chi connectivity index (χ3n) is 5.33. The molecule has 0 saturated heterocycles. The summed E-state index contributed by atoms with van der Waals surface area (Å²) in [4.78, 5) is 39.0. The van der Waals surface area contributed by atoms with E-state index in [0.29, 0.717) is 11.3 Å². The van der Waals surface area contributed by atoms with Gasteiger partial charge in [0.05, 0.1) is 17.5 Å². The molecule has 0 radical (unpaired) electrons. The summed E-state index contributed by atoms with van der Waals surface area (Å²) in [6, 6.07) is 14.0. The second-order valence-electron chi connectivity index (χ2n) is 7.48. The first kappa shape index (κ1) is 20.3. The van der Waals surface area contributed by atoms with E-state index in [2.05, 4.69) is 20.3 Å². The smallest absolute Gasteiger partial charge is 0.267 e. The number of hydrogen-bond donors (Lipinski definition) is 2. The minimum absolute atomic E-state index is 0.0322. The molecule has 0 saturated carbocycles. The topological polar surface area (TPSA) is 118 Å². The molecule has 9 nitrogen and oxygen atoms in total. The summed E-state index contributed by atoms with van der Waals surface area (Å²) in [6.07, 6.45) is 8.26. The lowest BCUT2D eigenvalue weighted by Gasteiger charge is -2.15. The average molecular weight is 437 g/mol. The van der Waals surface area contributed by atoms with Gasteiger partial charge in [0.25, 0.3) is 11.5 Å². The van der Waals surface area contributed by atoms with Crippen LogP contribution in [0, 0.1) is 5.41 Å². The molecule has 2 N–H and O–H groups in total. The van der Waals surface area contributed by atoms with E-state index in [9.17, 15) is 9.59 Å². The number of fused-ring (bicyclic) bond motifs is 2. The molecule has 0 aromatic carbocycles. The van der Waals surface area contributed by atoms with Gasteiger partial charge in [0.15, 0.2) is 0 Å². The van der Waals surface area contributed by atoms with Crippen molar-refractivity contribution >= 4 is 22.6 Å². The molecule has 0 bridgehead atoms. The Morgan fingerprint density at radius 1 is 1.00 bits per heavy atom. The van der Waals surface area contributed by atoms with Crippen molar-refractivity contribution < 1.29 is 4.79 Å². The van der Waals surface area contributed by atoms with Crippen LogP contribution in [0.4, 0.5) is 0 Å². The van der Waals surface area contributed by atoms with Crippen LogP contribution in [0.25, 0.3) is 16.7 Å². The zero-order chi connectivity index (χ0) is 22.8. The zero-order valence-electron chi connectivity index (χ0n) is 17.5. The number of hydrogen-bond acceptors (Lipinski definition) is 6. The fourth-order valence-corrected chi connectivity index (χ4v) is 3.67. The third kappa shape index (κ3) is 3.87. The Labute approximate surface area is 187 Å². The number of carbonyl (C=O) groups is 1. The van der Waals surface area contributed by atoms with E-state index >= 15 is 0 Å². The lowest BCUT2D eigenvalue weighted by Crippen LogP contribution is -2.35. The monoisotopic (exact) mass is 437 g/mol. The van der Waals surface area contributed by atoms with Gasteiger partial charge < -0.3 is 9.88 Å². The largest absolute Gasteiger partial charge is 0.348 e. The van der Waals surface area contributed by atoms with Gasteiger partial charge in [-0.25, -0.2) is 4.98 Å². The van der Waals surface area contributed by atoms with Crippen molar-refractivity contribution in [2.24, 2.45) is 0 Å². The Kier molecular flexibility index (Phi) is 5.19. The van der Waals surface area contributed by atoms with Crippen LogP contribution in [0.1, 0.15) is 21.5 Å². The van der Waals surface area contributed by atoms with Gasteiger partial charge in [-0.05, 0) is 47.5 Å². The van der Waals surface area contributed by atoms with Crippen molar-refractivity contribution in [2.45, 2.75) is 13.1 Å². The van der Waals surface area contributed by atoms with Crippen molar-refractivity contribution in [3.05, 3.63) is 112 Å². The molecule has 33 heavy (non-hydrogen) atoms. The second kappa shape index (κ2) is 8.46. The molecule has 0 aliphatic carbocycles. The van der Waals surface area contributed by atoms with Gasteiger partial charge in [-0.2, -0.15) is 0 Å². The van der Waals surface area contributed by atoms with Crippen LogP contribution >= 0.6 is 0 Å². The number of pyridine rings is 4. The van der Waals surface area contributed by atoms with Crippen molar-refractivity contribution in [1.82, 2.24) is 29.2 Å². The molecular formula is C24H19N7O2. The predicted molar refractivity (Wildman–Crippen MR) is 122 cm³/mol. The van der Waals surface area contributed by atoms with Gasteiger partial charge in [-0.1, -0.05) is 12.1 Å². The molecule has 1 amide bonds. The molecule has 9 heteroatoms. The summed E-state index contributed by atoms with van der Waals surface area (Å²) < 4.78 is 3.01. The van der Waals surface area contributed by atoms with E-state index < -0.39 is 5.91 Å². The minimum atomic E-state index is -0.452. The summed E-state index contributed by atoms with van der Waals surface area (Å²) >= 11 is 0. The maximum absolute atomic E-state index is 13.3. The summed E-state index contributed by atoms with van der Waals surface area (Å²) in [6.45, 7) is 0.514. The Balaban J connectivity index is 1.67. The SMILES string of the molecule is N=c1c(C(=O)NCc2cccnc2)cc2c(=O)n3ccccc3nc2n1Cc1ccncc1. The van der Waals surface area contributed by atoms with Gasteiger partial charge in [-0.3, -0.25) is 29.4 Å². The van der Waals surface area contributed by atoms with Crippen LogP contribution in [-0.4, -0.2) is 29.8 Å². The Morgan fingerprint density at radius 3 is 2.64 bits per heavy atom. The predicted octanol–water partition coefficient (Wildman–Crippen LogP) is 1.90. The van der Waals surface area contributed by atoms with Crippen molar-refractivity contribution in [3.63, 3.8) is 0 Å². The summed E-state index contributed by atoms with van der Waals surface area (Å²) in [5.74, 6) is -0.452. The average Bonchev–Trinajstić information content (AvgIpc) is 2.86. The first-order valence-corrected chi connectivity index (χ1v) is 10.3. The molecule has 5 aromatic rings. The van der Waals surface area contributed by atoms with Crippen molar-refractivity contribution in [3.8, 4) is 0 Å². The van der Waals surface area contributed by atoms with Gasteiger partial charge >= 0.3 is 0 Å². The number of amides is 1. The first-order chi connectivity index (χ1) is 16.1. The zero-order valence-corrected chi connectivity index (χ0v) is 17.5. The number of nitrogens with one attached hydrogen (secondary N) is 2. The van der Waals surface area contributed by atoms with Crippen molar-refractivity contribution in [2.75, 3.05) is 0 Å². The molecule has 0 aliphatic rings. The van der Waals surface area contributed by atoms with Crippen LogP contribution < -0.4 is 16.4 Å². The molecule has 0 spiro atoms. The summed E-state index contributed by atoms with van der Waals surface area (Å²) in [7, 11) is 0. The standard InChI is InChI=1S/C24H19N7O2/c25-21-18(23(32)28-14-17-4-3-8-27-13-17)12-19-22(31(21)15-16-6-9-26-10-7-16)29-20-5-1-2-11-30(20)24(19)33/h1-13,25H,14-15H2,(H,28,32). The highest BCUT2D eigenvalue weighted by atomic mass is 16.1. The van der Waals surface area contributed by atoms with E-state index in [1.807, 2.05) is 18.2 Å². The Hall–Kier alpha value is -4.66. The molecule has 5 aromatic heterocycles. The van der Waals surface area contributed by atoms with Gasteiger partial charge in [0, 0.05) is 37.5 Å². The highest BCUT2D eigenvalue weighted by molar-refractivity contribution is 5.96. The van der Waals surface area contributed by atoms with E-state index in [1.54, 1.807) is 59.8 Å². The normalized spacial score (nSPS) is 11.0. The first-order valence-electron chi connectivity index (χ1n) is 10.3. The van der Waals surface area contributed by atoms with E-state index in [4.69, 9.17) is 5.41 Å². The Morgan fingerprint density at radius 2 is 1.85 bits per heavy atom. The number of carbonyl (C=O) groups excluding carboxylic acids is 1. The second-order valence-corrected chi connectivity index (χ2v) is 7.48. The van der Waals surface area contributed by atoms with Gasteiger partial charge in [-0.15, -0.1) is 0 Å². The maximum atomic E-state index is 13.3. The van der Waals surface area contributed by atoms with Gasteiger partial charge in [0.2, 0.25) is 0 Å². The lowest BCUT2D eigenvalue weighted by molar-refractivity contribution is 0.0948. The van der Waals surface area contributed by atoms with Crippen LogP contribution in [0.2, 0.25) is 0 Å². The van der Waals surface area contributed by atoms with Crippen LogP contribution in [0.5, 0.6) is 0 Å². The van der Waals surface area contributed by atoms with Crippen LogP contribution in [0.15, 0.2) is 84.3 Å². The highest BCUT2D eigenvalue weighted by Gasteiger charge is 2.17. The van der Waals surface area contributed by atoms with E-state index in [0.717, 1.165) is 11.1 Å². The lowest BCUT2D eigenvalue weighted by atomic mass is 10.1. The summed E-state index contributed by atoms with van der Waals surface area (Å²) in [5.41, 5.74) is 2.26. The van der Waals surface area contributed by atoms with Crippen LogP contribution in [-0.2, 0) is 13.1 Å². The third-order valence-corrected chi connectivity index (χ3v) is 5.33. The summed E-state index contributed by atoms with van der Waals surface area (Å²) in [5, 5.41) is 11.9. The molecule has 5 heterocycles. The molecule has 5 rings (SSSR count). The number of nitrogens with zero attached hydrogens (tertiary/aromatic N) is 5. The molecule has 0 aliphatic heterocycles. The highest BCUT2D eigenvalue weighted by Crippen LogP contribution is 2.12. The van der Waals surface area contributed by atoms with Gasteiger partial charge in [0.1, 0.15) is 16.8 Å². The molecule has 0 atom stereocenters. The molecule has 162 valence electrons. The van der Waals surface area contributed by atoms with E-state index in [-0.39, 0.29) is 35.1 Å². The fourth-order valence-electron chi connectivity index (χ4n) is 3.67. The number of aromatic nitrogens is 5. The molecule has 0 fully saturated rings. The number of rotatable bonds is 5. The maximum Gasteiger partial charge on any atom is 0.267 e. The van der Waals surface area contributed by atoms with Crippen LogP contribution in [0.3, 0.4) is 0 Å². The van der Waals surface area contributed by atoms with Crippen molar-refractivity contribution in [1.29, 1.82) is 5.41 Å².